The summed E-state index contributed by atoms with van der Waals surface area (Å²) in [6.07, 6.45) is -0.364. The Kier molecular flexibility index (Phi) is 7.07. The summed E-state index contributed by atoms with van der Waals surface area (Å²) in [4.78, 5) is 11.8. The van der Waals surface area contributed by atoms with Crippen LogP contribution in [0.3, 0.4) is 0 Å². The molecule has 4 heteroatoms. The normalized spacial score (nSPS) is 13.0. The highest BCUT2D eigenvalue weighted by molar-refractivity contribution is 5.67. The lowest BCUT2D eigenvalue weighted by Crippen LogP contribution is -2.45. The van der Waals surface area contributed by atoms with Crippen molar-refractivity contribution in [3.63, 3.8) is 0 Å². The highest BCUT2D eigenvalue weighted by Gasteiger charge is 2.19. The molecule has 0 saturated heterocycles. The second kappa shape index (κ2) is 8.34. The van der Waals surface area contributed by atoms with Crippen LogP contribution in [0.5, 0.6) is 0 Å². The zero-order valence-electron chi connectivity index (χ0n) is 15.6. The van der Waals surface area contributed by atoms with Crippen LogP contribution in [0.15, 0.2) is 18.2 Å². The molecule has 0 aliphatic carbocycles. The van der Waals surface area contributed by atoms with Gasteiger partial charge in [0.1, 0.15) is 5.60 Å². The monoisotopic (exact) mass is 320 g/mol. The summed E-state index contributed by atoms with van der Waals surface area (Å²) in [5.41, 5.74) is 3.44. The molecule has 0 aliphatic heterocycles. The van der Waals surface area contributed by atoms with Crippen molar-refractivity contribution in [1.82, 2.24) is 10.6 Å². The smallest absolute Gasteiger partial charge is 0.407 e. The molecule has 0 aliphatic rings. The summed E-state index contributed by atoms with van der Waals surface area (Å²) in [5, 5.41) is 6.43. The van der Waals surface area contributed by atoms with E-state index in [1.807, 2.05) is 20.8 Å². The third-order valence-corrected chi connectivity index (χ3v) is 3.86. The Balaban J connectivity index is 2.58. The maximum Gasteiger partial charge on any atom is 0.407 e. The second-order valence-corrected chi connectivity index (χ2v) is 7.48. The first-order chi connectivity index (χ1) is 10.6. The molecule has 1 unspecified atom stereocenters. The van der Waals surface area contributed by atoms with Crippen molar-refractivity contribution in [3.05, 3.63) is 34.9 Å². The Hall–Kier alpha value is -1.55. The first kappa shape index (κ1) is 19.5. The molecule has 1 atom stereocenters. The van der Waals surface area contributed by atoms with Crippen molar-refractivity contribution >= 4 is 6.09 Å². The fourth-order valence-electron chi connectivity index (χ4n) is 2.41. The summed E-state index contributed by atoms with van der Waals surface area (Å²) in [5.74, 6) is 0.411. The predicted molar refractivity (Wildman–Crippen MR) is 95.6 cm³/mol. The molecule has 23 heavy (non-hydrogen) atoms. The van der Waals surface area contributed by atoms with Gasteiger partial charge in [-0.05, 0) is 57.2 Å². The van der Waals surface area contributed by atoms with Crippen molar-refractivity contribution in [2.45, 2.75) is 66.7 Å². The molecule has 4 nitrogen and oxygen atoms in total. The minimum atomic E-state index is -0.469. The highest BCUT2D eigenvalue weighted by atomic mass is 16.6. The summed E-state index contributed by atoms with van der Waals surface area (Å²) >= 11 is 0. The Morgan fingerprint density at radius 1 is 1.17 bits per heavy atom. The van der Waals surface area contributed by atoms with Crippen molar-refractivity contribution in [2.75, 3.05) is 6.54 Å². The van der Waals surface area contributed by atoms with Gasteiger partial charge in [0.2, 0.25) is 0 Å². The van der Waals surface area contributed by atoms with Gasteiger partial charge in [-0.25, -0.2) is 4.79 Å². The van der Waals surface area contributed by atoms with Gasteiger partial charge in [0.05, 0.1) is 0 Å². The van der Waals surface area contributed by atoms with Gasteiger partial charge in [-0.2, -0.15) is 0 Å². The zero-order chi connectivity index (χ0) is 17.6. The Bertz CT molecular complexity index is 498. The molecule has 2 N–H and O–H groups in total. The molecule has 0 aromatic heterocycles. The van der Waals surface area contributed by atoms with E-state index in [2.05, 4.69) is 56.5 Å². The van der Waals surface area contributed by atoms with Crippen molar-refractivity contribution < 1.29 is 9.53 Å². The van der Waals surface area contributed by atoms with E-state index >= 15 is 0 Å². The maximum absolute atomic E-state index is 11.8. The standard InChI is InChI=1S/C19H32N2O2/c1-13(2)17(12-21-18(22)23-19(5,6)7)20-11-16-14(3)9-8-10-15(16)4/h8-10,13,17,20H,11-12H2,1-7H3,(H,21,22). The number of carbonyl (C=O) groups is 1. The van der Waals surface area contributed by atoms with Gasteiger partial charge >= 0.3 is 6.09 Å². The largest absolute Gasteiger partial charge is 0.444 e. The van der Waals surface area contributed by atoms with Gasteiger partial charge in [0.25, 0.3) is 0 Å². The number of rotatable bonds is 6. The van der Waals surface area contributed by atoms with E-state index in [9.17, 15) is 4.79 Å². The molecule has 0 spiro atoms. The molecule has 1 rings (SSSR count). The van der Waals surface area contributed by atoms with Crippen LogP contribution >= 0.6 is 0 Å². The van der Waals surface area contributed by atoms with Crippen LogP contribution in [0.1, 0.15) is 51.3 Å². The van der Waals surface area contributed by atoms with Crippen LogP contribution < -0.4 is 10.6 Å². The van der Waals surface area contributed by atoms with Crippen LogP contribution in [-0.4, -0.2) is 24.3 Å². The molecule has 0 radical (unpaired) electrons. The summed E-state index contributed by atoms with van der Waals surface area (Å²) in [6, 6.07) is 6.54. The van der Waals surface area contributed by atoms with E-state index in [-0.39, 0.29) is 12.1 Å². The minimum Gasteiger partial charge on any atom is -0.444 e. The van der Waals surface area contributed by atoms with Crippen LogP contribution in [0.25, 0.3) is 0 Å². The van der Waals surface area contributed by atoms with Crippen molar-refractivity contribution in [3.8, 4) is 0 Å². The van der Waals surface area contributed by atoms with Gasteiger partial charge in [0, 0.05) is 19.1 Å². The molecule has 1 aromatic rings. The number of hydrogen-bond donors (Lipinski definition) is 2. The van der Waals surface area contributed by atoms with Crippen LogP contribution in [0, 0.1) is 19.8 Å². The Labute approximate surface area is 141 Å². The number of amides is 1. The number of hydrogen-bond acceptors (Lipinski definition) is 3. The molecular weight excluding hydrogens is 288 g/mol. The highest BCUT2D eigenvalue weighted by Crippen LogP contribution is 2.14. The van der Waals surface area contributed by atoms with E-state index in [4.69, 9.17) is 4.74 Å². The molecule has 130 valence electrons. The van der Waals surface area contributed by atoms with E-state index in [1.54, 1.807) is 0 Å². The lowest BCUT2D eigenvalue weighted by Gasteiger charge is -2.25. The van der Waals surface area contributed by atoms with Gasteiger partial charge in [0.15, 0.2) is 0 Å². The third kappa shape index (κ3) is 7.04. The summed E-state index contributed by atoms with van der Waals surface area (Å²) < 4.78 is 5.29. The molecule has 0 saturated carbocycles. The molecule has 0 heterocycles. The number of aryl methyl sites for hydroxylation is 2. The first-order valence-electron chi connectivity index (χ1n) is 8.35. The molecule has 0 bridgehead atoms. The second-order valence-electron chi connectivity index (χ2n) is 7.48. The molecule has 1 amide bonds. The zero-order valence-corrected chi connectivity index (χ0v) is 15.6. The quantitative estimate of drug-likeness (QED) is 0.834. The average Bonchev–Trinajstić information content (AvgIpc) is 2.38. The van der Waals surface area contributed by atoms with Gasteiger partial charge in [-0.3, -0.25) is 0 Å². The van der Waals surface area contributed by atoms with Crippen LogP contribution in [0.4, 0.5) is 4.79 Å². The summed E-state index contributed by atoms with van der Waals surface area (Å²) in [7, 11) is 0. The number of alkyl carbamates (subject to hydrolysis) is 1. The Morgan fingerprint density at radius 2 is 1.74 bits per heavy atom. The first-order valence-corrected chi connectivity index (χ1v) is 8.35. The topological polar surface area (TPSA) is 50.4 Å². The predicted octanol–water partition coefficient (Wildman–Crippen LogP) is 3.94. The van der Waals surface area contributed by atoms with Gasteiger partial charge in [-0.1, -0.05) is 32.0 Å². The lowest BCUT2D eigenvalue weighted by molar-refractivity contribution is 0.0519. The summed E-state index contributed by atoms with van der Waals surface area (Å²) in [6.45, 7) is 15.5. The lowest BCUT2D eigenvalue weighted by atomic mass is 10.0. The number of carbonyl (C=O) groups excluding carboxylic acids is 1. The molecular formula is C19H32N2O2. The van der Waals surface area contributed by atoms with E-state index in [1.165, 1.54) is 16.7 Å². The van der Waals surface area contributed by atoms with E-state index < -0.39 is 5.60 Å². The third-order valence-electron chi connectivity index (χ3n) is 3.86. The van der Waals surface area contributed by atoms with Gasteiger partial charge < -0.3 is 15.4 Å². The SMILES string of the molecule is Cc1cccc(C)c1CNC(CNC(=O)OC(C)(C)C)C(C)C. The number of ether oxygens (including phenoxy) is 1. The van der Waals surface area contributed by atoms with E-state index in [0.29, 0.717) is 12.5 Å². The van der Waals surface area contributed by atoms with Crippen molar-refractivity contribution in [2.24, 2.45) is 5.92 Å². The fourth-order valence-corrected chi connectivity index (χ4v) is 2.41. The van der Waals surface area contributed by atoms with Crippen LogP contribution in [0.2, 0.25) is 0 Å². The van der Waals surface area contributed by atoms with E-state index in [0.717, 1.165) is 6.54 Å². The number of nitrogens with one attached hydrogen (secondary N) is 2. The molecule has 0 fully saturated rings. The van der Waals surface area contributed by atoms with Crippen LogP contribution in [-0.2, 0) is 11.3 Å². The van der Waals surface area contributed by atoms with Gasteiger partial charge in [-0.15, -0.1) is 0 Å². The average molecular weight is 320 g/mol. The fraction of sp³-hybridized carbons (Fsp3) is 0.632. The maximum atomic E-state index is 11.8. The Morgan fingerprint density at radius 3 is 2.22 bits per heavy atom. The minimum absolute atomic E-state index is 0.196. The number of benzene rings is 1. The molecule has 1 aromatic carbocycles. The van der Waals surface area contributed by atoms with Crippen molar-refractivity contribution in [1.29, 1.82) is 0 Å².